The molecule has 0 aliphatic carbocycles. The van der Waals surface area contributed by atoms with Crippen molar-refractivity contribution in [3.63, 3.8) is 0 Å². The van der Waals surface area contributed by atoms with Crippen molar-refractivity contribution in [3.8, 4) is 0 Å². The second kappa shape index (κ2) is 6.58. The lowest BCUT2D eigenvalue weighted by atomic mass is 9.98. The fraction of sp³-hybridized carbons (Fsp3) is 0.286. The number of nitrogens with one attached hydrogen (secondary N) is 1. The number of carbonyl (C=O) groups is 2. The van der Waals surface area contributed by atoms with Gasteiger partial charge in [0.15, 0.2) is 0 Å². The maximum atomic E-state index is 11.5. The number of para-hydroxylation sites is 1. The predicted octanol–water partition coefficient (Wildman–Crippen LogP) is 3.24. The minimum absolute atomic E-state index is 0.0433. The number of benzene rings is 1. The molecule has 5 heteroatoms. The number of aromatic carboxylic acids is 1. The van der Waals surface area contributed by atoms with Gasteiger partial charge in [0.1, 0.15) is 6.61 Å². The van der Waals surface area contributed by atoms with Crippen molar-refractivity contribution in [1.29, 1.82) is 0 Å². The summed E-state index contributed by atoms with van der Waals surface area (Å²) in [5, 5.41) is 11.6. The lowest BCUT2D eigenvalue weighted by Crippen LogP contribution is -2.18. The largest absolute Gasteiger partial charge is 0.478 e. The second-order valence-corrected chi connectivity index (χ2v) is 4.24. The Kier molecular flexibility index (Phi) is 5.11. The molecule has 0 aliphatic heterocycles. The van der Waals surface area contributed by atoms with E-state index in [2.05, 4.69) is 11.9 Å². The molecule has 0 fully saturated rings. The summed E-state index contributed by atoms with van der Waals surface area (Å²) in [6.45, 7) is 7.34. The van der Waals surface area contributed by atoms with Crippen molar-refractivity contribution in [2.75, 3.05) is 11.9 Å². The van der Waals surface area contributed by atoms with E-state index < -0.39 is 12.1 Å². The van der Waals surface area contributed by atoms with Crippen LogP contribution in [0.25, 0.3) is 0 Å². The van der Waals surface area contributed by atoms with E-state index in [1.165, 1.54) is 12.1 Å². The summed E-state index contributed by atoms with van der Waals surface area (Å²) < 4.78 is 4.80. The molecule has 1 rings (SSSR count). The van der Waals surface area contributed by atoms with Gasteiger partial charge in [0.05, 0.1) is 11.3 Å². The van der Waals surface area contributed by atoms with Gasteiger partial charge in [-0.05, 0) is 17.5 Å². The first-order valence-corrected chi connectivity index (χ1v) is 5.88. The number of hydrogen-bond donors (Lipinski definition) is 2. The van der Waals surface area contributed by atoms with Gasteiger partial charge in [-0.2, -0.15) is 0 Å². The average Bonchev–Trinajstić information content (AvgIpc) is 2.35. The van der Waals surface area contributed by atoms with Crippen LogP contribution in [0.3, 0.4) is 0 Å². The van der Waals surface area contributed by atoms with Crippen LogP contribution in [-0.2, 0) is 4.74 Å². The van der Waals surface area contributed by atoms with Crippen LogP contribution >= 0.6 is 0 Å². The van der Waals surface area contributed by atoms with Gasteiger partial charge in [-0.15, -0.1) is 0 Å². The quantitative estimate of drug-likeness (QED) is 0.799. The molecule has 0 saturated carbocycles. The van der Waals surface area contributed by atoms with Gasteiger partial charge >= 0.3 is 12.1 Å². The Balaban J connectivity index is 3.10. The summed E-state index contributed by atoms with van der Waals surface area (Å²) in [6, 6.07) is 4.87. The maximum Gasteiger partial charge on any atom is 0.411 e. The zero-order chi connectivity index (χ0) is 14.4. The summed E-state index contributed by atoms with van der Waals surface area (Å²) in [5.41, 5.74) is 1.07. The Labute approximate surface area is 111 Å². The van der Waals surface area contributed by atoms with Crippen molar-refractivity contribution in [1.82, 2.24) is 0 Å². The molecule has 2 N–H and O–H groups in total. The van der Waals surface area contributed by atoms with Crippen molar-refractivity contribution < 1.29 is 19.4 Å². The molecule has 0 spiro atoms. The van der Waals surface area contributed by atoms with Gasteiger partial charge < -0.3 is 9.84 Å². The lowest BCUT2D eigenvalue weighted by molar-refractivity contribution is 0.0698. The number of rotatable bonds is 5. The summed E-state index contributed by atoms with van der Waals surface area (Å²) in [4.78, 5) is 22.7. The monoisotopic (exact) mass is 263 g/mol. The van der Waals surface area contributed by atoms with E-state index in [9.17, 15) is 9.59 Å². The Morgan fingerprint density at radius 1 is 1.47 bits per heavy atom. The van der Waals surface area contributed by atoms with E-state index in [4.69, 9.17) is 9.84 Å². The molecule has 0 saturated heterocycles. The Morgan fingerprint density at radius 2 is 2.16 bits per heavy atom. The molecule has 0 heterocycles. The first kappa shape index (κ1) is 14.8. The second-order valence-electron chi connectivity index (χ2n) is 4.24. The summed E-state index contributed by atoms with van der Waals surface area (Å²) in [6.07, 6.45) is 0.738. The van der Waals surface area contributed by atoms with E-state index in [1.54, 1.807) is 12.1 Å². The number of carboxylic acids is 1. The van der Waals surface area contributed by atoms with E-state index in [0.717, 1.165) is 5.56 Å². The molecule has 0 atom stereocenters. The smallest absolute Gasteiger partial charge is 0.411 e. The first-order valence-electron chi connectivity index (χ1n) is 5.88. The van der Waals surface area contributed by atoms with Crippen LogP contribution in [0, 0.1) is 0 Å². The third-order valence-corrected chi connectivity index (χ3v) is 2.51. The van der Waals surface area contributed by atoms with Crippen molar-refractivity contribution in [3.05, 3.63) is 42.0 Å². The van der Waals surface area contributed by atoms with Gasteiger partial charge in [-0.3, -0.25) is 5.32 Å². The molecular weight excluding hydrogens is 246 g/mol. The molecule has 5 nitrogen and oxygen atoms in total. The maximum absolute atomic E-state index is 11.5. The number of hydrogen-bond acceptors (Lipinski definition) is 3. The zero-order valence-electron chi connectivity index (χ0n) is 11.0. The van der Waals surface area contributed by atoms with Crippen molar-refractivity contribution in [2.45, 2.75) is 19.8 Å². The van der Waals surface area contributed by atoms with E-state index in [1.807, 2.05) is 13.8 Å². The van der Waals surface area contributed by atoms with Gasteiger partial charge in [0, 0.05) is 0 Å². The Bertz CT molecular complexity index is 494. The topological polar surface area (TPSA) is 75.6 Å². The molecule has 1 amide bonds. The third-order valence-electron chi connectivity index (χ3n) is 2.51. The third kappa shape index (κ3) is 3.84. The fourth-order valence-corrected chi connectivity index (χ4v) is 1.64. The van der Waals surface area contributed by atoms with E-state index in [0.29, 0.717) is 0 Å². The van der Waals surface area contributed by atoms with Crippen LogP contribution in [0.5, 0.6) is 0 Å². The van der Waals surface area contributed by atoms with Gasteiger partial charge in [0.25, 0.3) is 0 Å². The minimum atomic E-state index is -1.10. The van der Waals surface area contributed by atoms with Gasteiger partial charge in [0.2, 0.25) is 0 Å². The van der Waals surface area contributed by atoms with Gasteiger partial charge in [-0.25, -0.2) is 9.59 Å². The number of anilines is 1. The average molecular weight is 263 g/mol. The Morgan fingerprint density at radius 3 is 2.68 bits per heavy atom. The molecule has 1 aromatic rings. The highest BCUT2D eigenvalue weighted by molar-refractivity contribution is 5.99. The molecule has 0 unspecified atom stereocenters. The van der Waals surface area contributed by atoms with E-state index >= 15 is 0 Å². The Hall–Kier alpha value is -2.30. The van der Waals surface area contributed by atoms with Gasteiger partial charge in [-0.1, -0.05) is 38.6 Å². The first-order chi connectivity index (χ1) is 8.97. The summed E-state index contributed by atoms with van der Waals surface area (Å²) in [5.74, 6) is -1.02. The summed E-state index contributed by atoms with van der Waals surface area (Å²) >= 11 is 0. The molecule has 19 heavy (non-hydrogen) atoms. The molecule has 102 valence electrons. The molecule has 0 aromatic heterocycles. The van der Waals surface area contributed by atoms with Crippen LogP contribution in [0.4, 0.5) is 10.5 Å². The number of carbonyl (C=O) groups excluding carboxylic acids is 1. The highest BCUT2D eigenvalue weighted by atomic mass is 16.5. The summed E-state index contributed by atoms with van der Waals surface area (Å²) in [7, 11) is 0. The highest BCUT2D eigenvalue weighted by Gasteiger charge is 2.18. The standard InChI is InChI=1S/C14H17NO4/c1-4-8-19-14(18)15-12-10(9(2)3)6-5-7-11(12)13(16)17/h4-7,9H,1,8H2,2-3H3,(H,15,18)(H,16,17). The van der Waals surface area contributed by atoms with Crippen LogP contribution in [0.1, 0.15) is 35.7 Å². The molecule has 0 bridgehead atoms. The van der Waals surface area contributed by atoms with Crippen molar-refractivity contribution >= 4 is 17.7 Å². The number of ether oxygens (including phenoxy) is 1. The van der Waals surface area contributed by atoms with Crippen LogP contribution in [0.15, 0.2) is 30.9 Å². The normalized spacial score (nSPS) is 10.1. The lowest BCUT2D eigenvalue weighted by Gasteiger charge is -2.15. The minimum Gasteiger partial charge on any atom is -0.478 e. The molecule has 1 aromatic carbocycles. The van der Waals surface area contributed by atoms with Crippen LogP contribution in [0.2, 0.25) is 0 Å². The van der Waals surface area contributed by atoms with E-state index in [-0.39, 0.29) is 23.8 Å². The SMILES string of the molecule is C=CCOC(=O)Nc1c(C(=O)O)cccc1C(C)C. The predicted molar refractivity (Wildman–Crippen MR) is 72.7 cm³/mol. The highest BCUT2D eigenvalue weighted by Crippen LogP contribution is 2.28. The number of carboxylic acid groups (broad SMARTS) is 1. The number of amides is 1. The van der Waals surface area contributed by atoms with Crippen LogP contribution < -0.4 is 5.32 Å². The zero-order valence-corrected chi connectivity index (χ0v) is 11.0. The molecule has 0 aliphatic rings. The molecule has 0 radical (unpaired) electrons. The fourth-order valence-electron chi connectivity index (χ4n) is 1.64. The van der Waals surface area contributed by atoms with Crippen molar-refractivity contribution in [2.24, 2.45) is 0 Å². The van der Waals surface area contributed by atoms with Crippen LogP contribution in [-0.4, -0.2) is 23.8 Å². The molecular formula is C14H17NO4.